The average molecular weight is 322 g/mol. The van der Waals surface area contributed by atoms with Gasteiger partial charge in [0.25, 0.3) is 0 Å². The molecule has 2 rings (SSSR count). The van der Waals surface area contributed by atoms with Gasteiger partial charge in [-0.05, 0) is 37.5 Å². The molecule has 0 saturated carbocycles. The van der Waals surface area contributed by atoms with Crippen LogP contribution in [-0.2, 0) is 20.8 Å². The summed E-state index contributed by atoms with van der Waals surface area (Å²) >= 11 is 0. The van der Waals surface area contributed by atoms with Gasteiger partial charge >= 0.3 is 6.03 Å². The fourth-order valence-corrected chi connectivity index (χ4v) is 2.53. The number of rotatable bonds is 8. The van der Waals surface area contributed by atoms with E-state index in [1.54, 1.807) is 7.11 Å². The summed E-state index contributed by atoms with van der Waals surface area (Å²) in [4.78, 5) is 12.1. The van der Waals surface area contributed by atoms with Gasteiger partial charge in [-0.1, -0.05) is 12.1 Å². The standard InChI is InChI=1S/C17H26N2O4/c1-13(16-7-4-8-23-16)18-17(20)19-15-6-3-5-14(11-15)12-22-10-9-21-2/h3,5-6,11,13,16H,4,7-10,12H2,1-2H3,(H2,18,19,20)/t13-,16-/m1/s1. The van der Waals surface area contributed by atoms with Crippen LogP contribution in [0.15, 0.2) is 24.3 Å². The Morgan fingerprint density at radius 1 is 1.43 bits per heavy atom. The molecular formula is C17H26N2O4. The van der Waals surface area contributed by atoms with Crippen LogP contribution < -0.4 is 10.6 Å². The van der Waals surface area contributed by atoms with E-state index >= 15 is 0 Å². The van der Waals surface area contributed by atoms with Crippen molar-refractivity contribution in [1.29, 1.82) is 0 Å². The smallest absolute Gasteiger partial charge is 0.319 e. The normalized spacial score (nSPS) is 18.6. The maximum Gasteiger partial charge on any atom is 0.319 e. The first kappa shape index (κ1) is 17.7. The van der Waals surface area contributed by atoms with Crippen LogP contribution in [0.3, 0.4) is 0 Å². The van der Waals surface area contributed by atoms with Crippen molar-refractivity contribution in [2.45, 2.75) is 38.5 Å². The Kier molecular flexibility index (Phi) is 7.32. The molecule has 6 nitrogen and oxygen atoms in total. The van der Waals surface area contributed by atoms with Gasteiger partial charge in [-0.2, -0.15) is 0 Å². The average Bonchev–Trinajstić information content (AvgIpc) is 3.06. The van der Waals surface area contributed by atoms with E-state index in [9.17, 15) is 4.79 Å². The Hall–Kier alpha value is -1.63. The van der Waals surface area contributed by atoms with Gasteiger partial charge in [0.05, 0.1) is 32.0 Å². The fraction of sp³-hybridized carbons (Fsp3) is 0.588. The zero-order valence-corrected chi connectivity index (χ0v) is 13.8. The number of methoxy groups -OCH3 is 1. The van der Waals surface area contributed by atoms with E-state index in [0.717, 1.165) is 30.7 Å². The molecule has 23 heavy (non-hydrogen) atoms. The van der Waals surface area contributed by atoms with Crippen LogP contribution in [-0.4, -0.2) is 45.1 Å². The molecule has 1 aromatic carbocycles. The second-order valence-corrected chi connectivity index (χ2v) is 5.68. The van der Waals surface area contributed by atoms with E-state index in [1.807, 2.05) is 31.2 Å². The van der Waals surface area contributed by atoms with Crippen molar-refractivity contribution in [3.8, 4) is 0 Å². The van der Waals surface area contributed by atoms with Gasteiger partial charge in [-0.25, -0.2) is 4.79 Å². The summed E-state index contributed by atoms with van der Waals surface area (Å²) in [6.07, 6.45) is 2.17. The zero-order valence-electron chi connectivity index (χ0n) is 13.8. The van der Waals surface area contributed by atoms with Gasteiger partial charge in [-0.15, -0.1) is 0 Å². The molecule has 0 spiro atoms. The highest BCUT2D eigenvalue weighted by Crippen LogP contribution is 2.16. The number of benzene rings is 1. The number of hydrogen-bond acceptors (Lipinski definition) is 4. The second kappa shape index (κ2) is 9.50. The van der Waals surface area contributed by atoms with Crippen molar-refractivity contribution in [3.63, 3.8) is 0 Å². The van der Waals surface area contributed by atoms with Gasteiger partial charge < -0.3 is 24.8 Å². The molecule has 1 heterocycles. The summed E-state index contributed by atoms with van der Waals surface area (Å²) < 4.78 is 16.0. The topological polar surface area (TPSA) is 68.8 Å². The maximum absolute atomic E-state index is 12.1. The Labute approximate surface area is 137 Å². The van der Waals surface area contributed by atoms with Crippen molar-refractivity contribution in [2.75, 3.05) is 32.2 Å². The molecule has 0 unspecified atom stereocenters. The predicted molar refractivity (Wildman–Crippen MR) is 88.6 cm³/mol. The summed E-state index contributed by atoms with van der Waals surface area (Å²) in [6, 6.07) is 7.40. The number of carbonyl (C=O) groups excluding carboxylic acids is 1. The van der Waals surface area contributed by atoms with Gasteiger partial charge in [0.1, 0.15) is 0 Å². The number of urea groups is 1. The van der Waals surface area contributed by atoms with Gasteiger partial charge in [0, 0.05) is 19.4 Å². The monoisotopic (exact) mass is 322 g/mol. The Bertz CT molecular complexity index is 489. The van der Waals surface area contributed by atoms with Gasteiger partial charge in [0.2, 0.25) is 0 Å². The van der Waals surface area contributed by atoms with Crippen molar-refractivity contribution in [3.05, 3.63) is 29.8 Å². The van der Waals surface area contributed by atoms with Crippen LogP contribution >= 0.6 is 0 Å². The first-order valence-corrected chi connectivity index (χ1v) is 8.04. The third kappa shape index (κ3) is 6.17. The van der Waals surface area contributed by atoms with Crippen molar-refractivity contribution < 1.29 is 19.0 Å². The summed E-state index contributed by atoms with van der Waals surface area (Å²) in [7, 11) is 1.64. The number of amides is 2. The lowest BCUT2D eigenvalue weighted by Crippen LogP contribution is -2.42. The molecule has 6 heteroatoms. The lowest BCUT2D eigenvalue weighted by molar-refractivity contribution is 0.0617. The molecule has 0 bridgehead atoms. The van der Waals surface area contributed by atoms with E-state index in [2.05, 4.69) is 10.6 Å². The summed E-state index contributed by atoms with van der Waals surface area (Å²) in [5.41, 5.74) is 1.75. The SMILES string of the molecule is COCCOCc1cccc(NC(=O)N[C@H](C)[C@H]2CCCO2)c1. The van der Waals surface area contributed by atoms with Crippen molar-refractivity contribution in [1.82, 2.24) is 5.32 Å². The number of carbonyl (C=O) groups is 1. The second-order valence-electron chi connectivity index (χ2n) is 5.68. The highest BCUT2D eigenvalue weighted by molar-refractivity contribution is 5.89. The molecule has 2 amide bonds. The van der Waals surface area contributed by atoms with Gasteiger partial charge in [0.15, 0.2) is 0 Å². The fourth-order valence-electron chi connectivity index (χ4n) is 2.53. The van der Waals surface area contributed by atoms with Crippen LogP contribution in [0.2, 0.25) is 0 Å². The minimum Gasteiger partial charge on any atom is -0.382 e. The highest BCUT2D eigenvalue weighted by atomic mass is 16.5. The Balaban J connectivity index is 1.78. The molecule has 128 valence electrons. The third-order valence-electron chi connectivity index (χ3n) is 3.77. The van der Waals surface area contributed by atoms with E-state index in [-0.39, 0.29) is 18.2 Å². The largest absolute Gasteiger partial charge is 0.382 e. The molecule has 0 radical (unpaired) electrons. The molecule has 1 aromatic rings. The minimum absolute atomic E-state index is 0.00180. The first-order valence-electron chi connectivity index (χ1n) is 8.04. The van der Waals surface area contributed by atoms with Crippen LogP contribution in [0.4, 0.5) is 10.5 Å². The summed E-state index contributed by atoms with van der Waals surface area (Å²) in [6.45, 7) is 4.36. The molecular weight excluding hydrogens is 296 g/mol. The summed E-state index contributed by atoms with van der Waals surface area (Å²) in [5.74, 6) is 0. The van der Waals surface area contributed by atoms with Crippen LogP contribution in [0, 0.1) is 0 Å². The van der Waals surface area contributed by atoms with E-state index in [1.165, 1.54) is 0 Å². The Morgan fingerprint density at radius 3 is 3.04 bits per heavy atom. The van der Waals surface area contributed by atoms with Crippen molar-refractivity contribution in [2.24, 2.45) is 0 Å². The summed E-state index contributed by atoms with van der Waals surface area (Å²) in [5, 5.41) is 5.78. The highest BCUT2D eigenvalue weighted by Gasteiger charge is 2.23. The minimum atomic E-state index is -0.217. The third-order valence-corrected chi connectivity index (χ3v) is 3.77. The van der Waals surface area contributed by atoms with E-state index in [0.29, 0.717) is 19.8 Å². The first-order chi connectivity index (χ1) is 11.2. The molecule has 1 aliphatic rings. The molecule has 2 atom stereocenters. The maximum atomic E-state index is 12.1. The molecule has 2 N–H and O–H groups in total. The number of ether oxygens (including phenoxy) is 3. The number of anilines is 1. The molecule has 1 saturated heterocycles. The van der Waals surface area contributed by atoms with Crippen LogP contribution in [0.25, 0.3) is 0 Å². The van der Waals surface area contributed by atoms with Crippen LogP contribution in [0.5, 0.6) is 0 Å². The molecule has 0 aromatic heterocycles. The van der Waals surface area contributed by atoms with Crippen molar-refractivity contribution >= 4 is 11.7 Å². The van der Waals surface area contributed by atoms with E-state index < -0.39 is 0 Å². The lowest BCUT2D eigenvalue weighted by Gasteiger charge is -2.20. The van der Waals surface area contributed by atoms with Gasteiger partial charge in [-0.3, -0.25) is 0 Å². The van der Waals surface area contributed by atoms with E-state index in [4.69, 9.17) is 14.2 Å². The quantitative estimate of drug-likeness (QED) is 0.722. The zero-order chi connectivity index (χ0) is 16.5. The molecule has 0 aliphatic carbocycles. The Morgan fingerprint density at radius 2 is 2.30 bits per heavy atom. The van der Waals surface area contributed by atoms with Crippen LogP contribution in [0.1, 0.15) is 25.3 Å². The molecule has 1 aliphatic heterocycles. The number of nitrogens with one attached hydrogen (secondary N) is 2. The lowest BCUT2D eigenvalue weighted by atomic mass is 10.1. The predicted octanol–water partition coefficient (Wildman–Crippen LogP) is 2.54. The molecule has 1 fully saturated rings. The number of hydrogen-bond donors (Lipinski definition) is 2.